The fraction of sp³-hybridized carbons (Fsp3) is 0.875. The fourth-order valence-corrected chi connectivity index (χ4v) is 3.12. The first kappa shape index (κ1) is 18.0. The van der Waals surface area contributed by atoms with E-state index in [4.69, 9.17) is 14.2 Å². The van der Waals surface area contributed by atoms with Crippen LogP contribution in [0.1, 0.15) is 47.5 Å². The molecule has 1 heterocycles. The second-order valence-electron chi connectivity index (χ2n) is 6.10. The molecule has 5 heteroatoms. The van der Waals surface area contributed by atoms with Crippen molar-refractivity contribution >= 4 is 11.9 Å². The number of rotatable bonds is 5. The molecular formula is C16H28O5. The molecule has 0 spiro atoms. The molecule has 5 nitrogen and oxygen atoms in total. The van der Waals surface area contributed by atoms with Crippen LogP contribution in [0.25, 0.3) is 0 Å². The van der Waals surface area contributed by atoms with Crippen molar-refractivity contribution in [3.63, 3.8) is 0 Å². The zero-order valence-corrected chi connectivity index (χ0v) is 13.9. The maximum atomic E-state index is 11.8. The van der Waals surface area contributed by atoms with Crippen LogP contribution in [-0.2, 0) is 23.8 Å². The number of hydrogen-bond donors (Lipinski definition) is 0. The summed E-state index contributed by atoms with van der Waals surface area (Å²) < 4.78 is 16.2. The van der Waals surface area contributed by atoms with Crippen LogP contribution in [0.15, 0.2) is 0 Å². The van der Waals surface area contributed by atoms with Crippen molar-refractivity contribution in [2.24, 2.45) is 17.8 Å². The monoisotopic (exact) mass is 300 g/mol. The van der Waals surface area contributed by atoms with Crippen LogP contribution in [0.3, 0.4) is 0 Å². The summed E-state index contributed by atoms with van der Waals surface area (Å²) in [5.41, 5.74) is 0. The lowest BCUT2D eigenvalue weighted by atomic mass is 9.77. The van der Waals surface area contributed by atoms with Gasteiger partial charge in [0, 0.05) is 12.8 Å². The molecule has 1 aliphatic rings. The topological polar surface area (TPSA) is 61.8 Å². The predicted molar refractivity (Wildman–Crippen MR) is 78.6 cm³/mol. The van der Waals surface area contributed by atoms with E-state index in [1.807, 2.05) is 13.8 Å². The van der Waals surface area contributed by atoms with Gasteiger partial charge in [-0.2, -0.15) is 0 Å². The van der Waals surface area contributed by atoms with Gasteiger partial charge in [-0.05, 0) is 24.7 Å². The third kappa shape index (κ3) is 4.43. The summed E-state index contributed by atoms with van der Waals surface area (Å²) in [6.45, 7) is 9.67. The van der Waals surface area contributed by atoms with Gasteiger partial charge in [0.2, 0.25) is 0 Å². The number of carbonyl (C=O) groups is 2. The third-order valence-corrected chi connectivity index (χ3v) is 4.61. The molecule has 0 aliphatic carbocycles. The average Bonchev–Trinajstić information content (AvgIpc) is 2.45. The Morgan fingerprint density at radius 2 is 1.95 bits per heavy atom. The molecule has 0 radical (unpaired) electrons. The molecule has 6 unspecified atom stereocenters. The molecule has 6 atom stereocenters. The molecule has 1 saturated heterocycles. The van der Waals surface area contributed by atoms with E-state index in [9.17, 15) is 9.59 Å². The molecule has 0 amide bonds. The second-order valence-corrected chi connectivity index (χ2v) is 6.10. The van der Waals surface area contributed by atoms with E-state index in [2.05, 4.69) is 13.8 Å². The molecule has 122 valence electrons. The van der Waals surface area contributed by atoms with Crippen LogP contribution in [-0.4, -0.2) is 37.4 Å². The highest BCUT2D eigenvalue weighted by Crippen LogP contribution is 2.36. The van der Waals surface area contributed by atoms with Gasteiger partial charge in [0.1, 0.15) is 6.10 Å². The molecule has 0 bridgehead atoms. The Balaban J connectivity index is 2.85. The van der Waals surface area contributed by atoms with Crippen LogP contribution < -0.4 is 0 Å². The van der Waals surface area contributed by atoms with Crippen molar-refractivity contribution in [1.82, 2.24) is 0 Å². The molecule has 0 saturated carbocycles. The molecule has 0 aromatic heterocycles. The SMILES string of the molecule is CCC(OC(C)=O)C(C)C1OC(C(=O)OC)CC(C)C1C. The molecule has 1 fully saturated rings. The molecule has 1 rings (SSSR count). The van der Waals surface area contributed by atoms with E-state index in [0.717, 1.165) is 6.42 Å². The van der Waals surface area contributed by atoms with Crippen molar-refractivity contribution in [3.8, 4) is 0 Å². The van der Waals surface area contributed by atoms with Crippen molar-refractivity contribution in [2.75, 3.05) is 7.11 Å². The summed E-state index contributed by atoms with van der Waals surface area (Å²) in [5.74, 6) is 0.0701. The zero-order valence-electron chi connectivity index (χ0n) is 13.9. The quantitative estimate of drug-likeness (QED) is 0.730. The standard InChI is InChI=1S/C16H28O5/c1-7-13(20-12(5)17)11(4)15-10(3)9(2)8-14(21-15)16(18)19-6/h9-11,13-15H,7-8H2,1-6H3. The number of hydrogen-bond acceptors (Lipinski definition) is 5. The van der Waals surface area contributed by atoms with E-state index in [1.54, 1.807) is 0 Å². The maximum Gasteiger partial charge on any atom is 0.334 e. The number of methoxy groups -OCH3 is 1. The van der Waals surface area contributed by atoms with Crippen LogP contribution in [0, 0.1) is 17.8 Å². The summed E-state index contributed by atoms with van der Waals surface area (Å²) in [5, 5.41) is 0. The van der Waals surface area contributed by atoms with Crippen LogP contribution >= 0.6 is 0 Å². The lowest BCUT2D eigenvalue weighted by molar-refractivity contribution is -0.185. The van der Waals surface area contributed by atoms with E-state index < -0.39 is 6.10 Å². The van der Waals surface area contributed by atoms with Crippen molar-refractivity contribution < 1.29 is 23.8 Å². The first-order valence-electron chi connectivity index (χ1n) is 7.72. The Morgan fingerprint density at radius 3 is 2.43 bits per heavy atom. The Kier molecular flexibility index (Phi) is 6.65. The number of esters is 2. The van der Waals surface area contributed by atoms with Gasteiger partial charge in [0.15, 0.2) is 6.10 Å². The summed E-state index contributed by atoms with van der Waals surface area (Å²) in [6, 6.07) is 0. The molecule has 0 aromatic rings. The zero-order chi connectivity index (χ0) is 16.2. The third-order valence-electron chi connectivity index (χ3n) is 4.61. The Bertz CT molecular complexity index is 368. The molecule has 0 N–H and O–H groups in total. The van der Waals surface area contributed by atoms with Gasteiger partial charge in [-0.25, -0.2) is 4.79 Å². The normalized spacial score (nSPS) is 32.1. The van der Waals surface area contributed by atoms with Crippen LogP contribution in [0.5, 0.6) is 0 Å². The van der Waals surface area contributed by atoms with Gasteiger partial charge in [0.05, 0.1) is 13.2 Å². The summed E-state index contributed by atoms with van der Waals surface area (Å²) in [6.07, 6.45) is 0.552. The number of carbonyl (C=O) groups excluding carboxylic acids is 2. The van der Waals surface area contributed by atoms with Gasteiger partial charge in [0.25, 0.3) is 0 Å². The van der Waals surface area contributed by atoms with Gasteiger partial charge in [-0.1, -0.05) is 27.7 Å². The first-order chi connectivity index (χ1) is 9.81. The van der Waals surface area contributed by atoms with Crippen molar-refractivity contribution in [2.45, 2.75) is 65.8 Å². The minimum absolute atomic E-state index is 0.0313. The summed E-state index contributed by atoms with van der Waals surface area (Å²) in [7, 11) is 1.38. The first-order valence-corrected chi connectivity index (χ1v) is 7.72. The van der Waals surface area contributed by atoms with Crippen LogP contribution in [0.4, 0.5) is 0 Å². The largest absolute Gasteiger partial charge is 0.467 e. The predicted octanol–water partition coefficient (Wildman–Crippen LogP) is 2.57. The summed E-state index contributed by atoms with van der Waals surface area (Å²) in [4.78, 5) is 23.0. The molecule has 0 aromatic carbocycles. The van der Waals surface area contributed by atoms with E-state index >= 15 is 0 Å². The minimum atomic E-state index is -0.525. The van der Waals surface area contributed by atoms with E-state index in [-0.39, 0.29) is 30.1 Å². The Labute approximate surface area is 127 Å². The van der Waals surface area contributed by atoms with Gasteiger partial charge in [-0.3, -0.25) is 4.79 Å². The Morgan fingerprint density at radius 1 is 1.33 bits per heavy atom. The van der Waals surface area contributed by atoms with Gasteiger partial charge < -0.3 is 14.2 Å². The average molecular weight is 300 g/mol. The number of ether oxygens (including phenoxy) is 3. The smallest absolute Gasteiger partial charge is 0.334 e. The summed E-state index contributed by atoms with van der Waals surface area (Å²) >= 11 is 0. The molecule has 21 heavy (non-hydrogen) atoms. The fourth-order valence-electron chi connectivity index (χ4n) is 3.12. The highest BCUT2D eigenvalue weighted by Gasteiger charge is 2.42. The highest BCUT2D eigenvalue weighted by molar-refractivity contribution is 5.74. The molecular weight excluding hydrogens is 272 g/mol. The highest BCUT2D eigenvalue weighted by atomic mass is 16.6. The lowest BCUT2D eigenvalue weighted by Gasteiger charge is -2.42. The van der Waals surface area contributed by atoms with Crippen molar-refractivity contribution in [3.05, 3.63) is 0 Å². The van der Waals surface area contributed by atoms with Crippen molar-refractivity contribution in [1.29, 1.82) is 0 Å². The molecule has 1 aliphatic heterocycles. The van der Waals surface area contributed by atoms with Gasteiger partial charge in [-0.15, -0.1) is 0 Å². The van der Waals surface area contributed by atoms with E-state index in [1.165, 1.54) is 14.0 Å². The van der Waals surface area contributed by atoms with E-state index in [0.29, 0.717) is 18.3 Å². The Hall–Kier alpha value is -1.10. The van der Waals surface area contributed by atoms with Gasteiger partial charge >= 0.3 is 11.9 Å². The maximum absolute atomic E-state index is 11.8. The minimum Gasteiger partial charge on any atom is -0.467 e. The van der Waals surface area contributed by atoms with Crippen LogP contribution in [0.2, 0.25) is 0 Å². The second kappa shape index (κ2) is 7.78. The lowest BCUT2D eigenvalue weighted by Crippen LogP contribution is -2.48.